The Hall–Kier alpha value is -2.62. The SMILES string of the molecule is C1=CC2=CC=C1C2.O=C(O)c1ccc(C(C2CCCCC2)C2CCCCC2)c(C(=O)O)c1. The quantitative estimate of drug-likeness (QED) is 0.516. The Labute approximate surface area is 190 Å². The molecule has 1 aromatic carbocycles. The molecule has 5 rings (SSSR count). The third-order valence-corrected chi connectivity index (χ3v) is 7.64. The molecule has 2 bridgehead atoms. The summed E-state index contributed by atoms with van der Waals surface area (Å²) in [5, 5.41) is 18.9. The van der Waals surface area contributed by atoms with Crippen LogP contribution >= 0.6 is 0 Å². The molecule has 0 aliphatic heterocycles. The van der Waals surface area contributed by atoms with Crippen molar-refractivity contribution in [3.63, 3.8) is 0 Å². The Morgan fingerprint density at radius 1 is 0.750 bits per heavy atom. The summed E-state index contributed by atoms with van der Waals surface area (Å²) in [6.07, 6.45) is 22.0. The average molecular weight is 435 g/mol. The number of benzene rings is 1. The monoisotopic (exact) mass is 434 g/mol. The van der Waals surface area contributed by atoms with Gasteiger partial charge in [-0.15, -0.1) is 0 Å². The number of hydrogen-bond acceptors (Lipinski definition) is 2. The molecular weight excluding hydrogens is 400 g/mol. The molecule has 4 heteroatoms. The van der Waals surface area contributed by atoms with Crippen LogP contribution in [0.5, 0.6) is 0 Å². The minimum Gasteiger partial charge on any atom is -0.478 e. The number of allylic oxidation sites excluding steroid dienone is 6. The summed E-state index contributed by atoms with van der Waals surface area (Å²) in [5.41, 5.74) is 4.06. The molecule has 4 aliphatic rings. The Morgan fingerprint density at radius 3 is 1.66 bits per heavy atom. The van der Waals surface area contributed by atoms with Crippen LogP contribution in [0.25, 0.3) is 0 Å². The van der Waals surface area contributed by atoms with Gasteiger partial charge in [0.1, 0.15) is 0 Å². The van der Waals surface area contributed by atoms with Gasteiger partial charge in [0.25, 0.3) is 0 Å². The van der Waals surface area contributed by atoms with Crippen molar-refractivity contribution in [2.24, 2.45) is 11.8 Å². The molecule has 0 amide bonds. The molecule has 170 valence electrons. The van der Waals surface area contributed by atoms with Gasteiger partial charge in [0, 0.05) is 0 Å². The topological polar surface area (TPSA) is 74.6 Å². The molecule has 32 heavy (non-hydrogen) atoms. The highest BCUT2D eigenvalue weighted by atomic mass is 16.4. The van der Waals surface area contributed by atoms with Crippen molar-refractivity contribution in [3.05, 3.63) is 70.3 Å². The molecule has 0 heterocycles. The van der Waals surface area contributed by atoms with E-state index in [1.807, 2.05) is 0 Å². The number of aromatic carboxylic acids is 2. The number of fused-ring (bicyclic) bond motifs is 2. The van der Waals surface area contributed by atoms with Crippen LogP contribution in [0.4, 0.5) is 0 Å². The molecule has 2 saturated carbocycles. The van der Waals surface area contributed by atoms with Gasteiger partial charge in [-0.2, -0.15) is 0 Å². The lowest BCUT2D eigenvalue weighted by Crippen LogP contribution is -2.27. The van der Waals surface area contributed by atoms with Gasteiger partial charge in [0.15, 0.2) is 0 Å². The van der Waals surface area contributed by atoms with Crippen LogP contribution in [0, 0.1) is 11.8 Å². The van der Waals surface area contributed by atoms with E-state index in [-0.39, 0.29) is 17.0 Å². The minimum absolute atomic E-state index is 0.0622. The lowest BCUT2D eigenvalue weighted by atomic mass is 9.66. The number of hydrogen-bond donors (Lipinski definition) is 2. The highest BCUT2D eigenvalue weighted by Crippen LogP contribution is 2.46. The Balaban J connectivity index is 0.000000292. The molecule has 1 aromatic rings. The van der Waals surface area contributed by atoms with Crippen LogP contribution in [0.15, 0.2) is 53.6 Å². The molecule has 0 atom stereocenters. The van der Waals surface area contributed by atoms with Gasteiger partial charge in [0.05, 0.1) is 11.1 Å². The zero-order valence-corrected chi connectivity index (χ0v) is 18.8. The molecule has 0 aromatic heterocycles. The molecule has 0 spiro atoms. The van der Waals surface area contributed by atoms with E-state index in [9.17, 15) is 19.8 Å². The average Bonchev–Trinajstić information content (AvgIpc) is 3.47. The fourth-order valence-electron chi connectivity index (χ4n) is 6.06. The van der Waals surface area contributed by atoms with Crippen molar-refractivity contribution in [2.45, 2.75) is 76.5 Å². The second kappa shape index (κ2) is 10.3. The van der Waals surface area contributed by atoms with Gasteiger partial charge >= 0.3 is 11.9 Å². The van der Waals surface area contributed by atoms with Crippen LogP contribution in [0.1, 0.15) is 103 Å². The van der Waals surface area contributed by atoms with Crippen LogP contribution in [0.3, 0.4) is 0 Å². The van der Waals surface area contributed by atoms with Gasteiger partial charge in [-0.25, -0.2) is 9.59 Å². The Morgan fingerprint density at radius 2 is 1.28 bits per heavy atom. The van der Waals surface area contributed by atoms with E-state index in [0.29, 0.717) is 11.8 Å². The fourth-order valence-corrected chi connectivity index (χ4v) is 6.06. The summed E-state index contributed by atoms with van der Waals surface area (Å²) in [5.74, 6) is -0.749. The summed E-state index contributed by atoms with van der Waals surface area (Å²) in [4.78, 5) is 23.1. The van der Waals surface area contributed by atoms with E-state index in [0.717, 1.165) is 5.56 Å². The van der Waals surface area contributed by atoms with Gasteiger partial charge in [-0.3, -0.25) is 0 Å². The summed E-state index contributed by atoms with van der Waals surface area (Å²) in [6, 6.07) is 4.74. The van der Waals surface area contributed by atoms with E-state index < -0.39 is 11.9 Å². The largest absolute Gasteiger partial charge is 0.478 e. The summed E-state index contributed by atoms with van der Waals surface area (Å²) >= 11 is 0. The summed E-state index contributed by atoms with van der Waals surface area (Å²) in [6.45, 7) is 0. The van der Waals surface area contributed by atoms with Crippen molar-refractivity contribution in [1.29, 1.82) is 0 Å². The number of carboxylic acids is 2. The standard InChI is InChI=1S/C21H28O4.C7H6/c22-20(23)16-11-12-17(18(13-16)21(24)25)19(14-7-3-1-4-8-14)15-9-5-2-6-10-15;1-2-7-4-3-6(1)5-7/h11-15,19H,1-10H2,(H,22,23)(H,24,25);1-4H,5H2. The van der Waals surface area contributed by atoms with Gasteiger partial charge in [-0.1, -0.05) is 68.9 Å². The van der Waals surface area contributed by atoms with Crippen LogP contribution in [-0.2, 0) is 0 Å². The van der Waals surface area contributed by atoms with Crippen molar-refractivity contribution in [3.8, 4) is 0 Å². The first kappa shape index (κ1) is 22.6. The van der Waals surface area contributed by atoms with E-state index in [2.05, 4.69) is 24.3 Å². The molecule has 4 nitrogen and oxygen atoms in total. The van der Waals surface area contributed by atoms with Crippen molar-refractivity contribution < 1.29 is 19.8 Å². The predicted octanol–water partition coefficient (Wildman–Crippen LogP) is 7.14. The van der Waals surface area contributed by atoms with E-state index in [1.165, 1.54) is 87.8 Å². The normalized spacial score (nSPS) is 20.5. The third kappa shape index (κ3) is 5.23. The Kier molecular flexibility index (Phi) is 7.29. The van der Waals surface area contributed by atoms with E-state index in [1.54, 1.807) is 12.1 Å². The lowest BCUT2D eigenvalue weighted by Gasteiger charge is -2.39. The smallest absolute Gasteiger partial charge is 0.335 e. The van der Waals surface area contributed by atoms with Crippen molar-refractivity contribution in [1.82, 2.24) is 0 Å². The Bertz CT molecular complexity index is 902. The fraction of sp³-hybridized carbons (Fsp3) is 0.500. The highest BCUT2D eigenvalue weighted by Gasteiger charge is 2.35. The van der Waals surface area contributed by atoms with Crippen LogP contribution in [0.2, 0.25) is 0 Å². The van der Waals surface area contributed by atoms with Crippen molar-refractivity contribution in [2.75, 3.05) is 0 Å². The zero-order valence-electron chi connectivity index (χ0n) is 18.8. The zero-order chi connectivity index (χ0) is 22.5. The highest BCUT2D eigenvalue weighted by molar-refractivity contribution is 5.95. The molecule has 0 saturated heterocycles. The summed E-state index contributed by atoms with van der Waals surface area (Å²) < 4.78 is 0. The predicted molar refractivity (Wildman–Crippen MR) is 126 cm³/mol. The van der Waals surface area contributed by atoms with Gasteiger partial charge in [0.2, 0.25) is 0 Å². The molecule has 0 unspecified atom stereocenters. The maximum atomic E-state index is 11.9. The lowest BCUT2D eigenvalue weighted by molar-refractivity contribution is 0.0692. The number of carbonyl (C=O) groups is 2. The minimum atomic E-state index is -1.07. The maximum Gasteiger partial charge on any atom is 0.335 e. The number of rotatable bonds is 5. The van der Waals surface area contributed by atoms with E-state index >= 15 is 0 Å². The van der Waals surface area contributed by atoms with Gasteiger partial charge < -0.3 is 10.2 Å². The number of carboxylic acid groups (broad SMARTS) is 2. The van der Waals surface area contributed by atoms with E-state index in [4.69, 9.17) is 0 Å². The summed E-state index contributed by atoms with van der Waals surface area (Å²) in [7, 11) is 0. The second-order valence-corrected chi connectivity index (χ2v) is 9.73. The first-order chi connectivity index (χ1) is 15.5. The van der Waals surface area contributed by atoms with Crippen LogP contribution in [-0.4, -0.2) is 22.2 Å². The van der Waals surface area contributed by atoms with Gasteiger partial charge in [-0.05, 0) is 78.7 Å². The molecular formula is C28H34O4. The van der Waals surface area contributed by atoms with Crippen molar-refractivity contribution >= 4 is 11.9 Å². The first-order valence-corrected chi connectivity index (χ1v) is 12.2. The molecule has 4 aliphatic carbocycles. The third-order valence-electron chi connectivity index (χ3n) is 7.64. The first-order valence-electron chi connectivity index (χ1n) is 12.2. The second-order valence-electron chi connectivity index (χ2n) is 9.73. The molecule has 2 N–H and O–H groups in total. The molecule has 2 fully saturated rings. The molecule has 0 radical (unpaired) electrons. The van der Waals surface area contributed by atoms with Crippen LogP contribution < -0.4 is 0 Å². The maximum absolute atomic E-state index is 11.9.